The van der Waals surface area contributed by atoms with Gasteiger partial charge in [-0.2, -0.15) is 0 Å². The molecule has 38 valence electrons. The van der Waals surface area contributed by atoms with Crippen LogP contribution in [0.1, 0.15) is 6.42 Å². The fourth-order valence-corrected chi connectivity index (χ4v) is 0.278. The molecule has 3 heteroatoms. The molecule has 0 unspecified atom stereocenters. The molecule has 0 bridgehead atoms. The Morgan fingerprint density at radius 2 is 1.67 bits per heavy atom. The van der Waals surface area contributed by atoms with Gasteiger partial charge in [0.1, 0.15) is 0 Å². The molecule has 0 aromatic carbocycles. The quantitative estimate of drug-likeness (QED) is 0.422. The number of halogens is 2. The van der Waals surface area contributed by atoms with Crippen LogP contribution in [0.5, 0.6) is 0 Å². The minimum Gasteiger partial charge on any atom is -0.147 e. The van der Waals surface area contributed by atoms with E-state index in [1.807, 2.05) is 0 Å². The molecule has 6 heavy (non-hydrogen) atoms. The number of nitrogens with zero attached hydrogens (tertiary/aromatic N) is 1. The van der Waals surface area contributed by atoms with Gasteiger partial charge in [0.15, 0.2) is 0 Å². The lowest BCUT2D eigenvalue weighted by molar-refractivity contribution is -0.0344. The maximum atomic E-state index is 11.4. The Morgan fingerprint density at radius 1 is 1.33 bits per heavy atom. The predicted octanol–water partition coefficient (Wildman–Crippen LogP) is 0.998. The van der Waals surface area contributed by atoms with E-state index in [4.69, 9.17) is 0 Å². The smallest absolute Gasteiger partial charge is 0.0303 e. The van der Waals surface area contributed by atoms with E-state index in [9.17, 15) is 4.48 Å². The molecule has 0 saturated carbocycles. The normalized spacial score (nSPS) is 21.5. The molecule has 1 heterocycles. The summed E-state index contributed by atoms with van der Waals surface area (Å²) in [4.78, 5) is 0. The molecule has 1 aliphatic rings. The van der Waals surface area contributed by atoms with Crippen LogP contribution in [0, 0.1) is 0 Å². The van der Waals surface area contributed by atoms with Crippen LogP contribution >= 0.6 is 12.4 Å². The minimum absolute atomic E-state index is 0. The van der Waals surface area contributed by atoms with Crippen LogP contribution in [-0.4, -0.2) is 18.2 Å². The molecule has 0 aliphatic carbocycles. The van der Waals surface area contributed by atoms with Crippen LogP contribution in [0.25, 0.3) is 0 Å². The van der Waals surface area contributed by atoms with Gasteiger partial charge in [0.05, 0.1) is 0 Å². The van der Waals surface area contributed by atoms with Crippen molar-refractivity contribution in [2.75, 3.05) is 13.1 Å². The molecule has 1 nitrogen and oxygen atoms in total. The Labute approximate surface area is 42.5 Å². The molecule has 1 saturated heterocycles. The van der Waals surface area contributed by atoms with Gasteiger partial charge in [-0.3, -0.25) is 0 Å². The molecule has 0 N–H and O–H groups in total. The third-order valence-corrected chi connectivity index (χ3v) is 0.801. The van der Waals surface area contributed by atoms with Crippen LogP contribution in [-0.2, 0) is 0 Å². The van der Waals surface area contributed by atoms with Gasteiger partial charge >= 0.3 is 0 Å². The van der Waals surface area contributed by atoms with E-state index >= 15 is 0 Å². The van der Waals surface area contributed by atoms with Gasteiger partial charge in [0, 0.05) is 13.1 Å². The molecule has 0 amide bonds. The van der Waals surface area contributed by atoms with Gasteiger partial charge in [-0.15, -0.1) is 22.0 Å². The highest BCUT2D eigenvalue weighted by molar-refractivity contribution is 5.85. The van der Waals surface area contributed by atoms with Crippen LogP contribution in [0.15, 0.2) is 0 Å². The maximum absolute atomic E-state index is 11.4. The first kappa shape index (κ1) is 6.18. The number of hydrogen-bond donors (Lipinski definition) is 0. The summed E-state index contributed by atoms with van der Waals surface area (Å²) in [7, 11) is 0. The van der Waals surface area contributed by atoms with Crippen molar-refractivity contribution >= 4 is 12.4 Å². The molecule has 1 rings (SSSR count). The summed E-state index contributed by atoms with van der Waals surface area (Å²) in [6, 6.07) is 0. The summed E-state index contributed by atoms with van der Waals surface area (Å²) >= 11 is 0. The first-order valence-electron chi connectivity index (χ1n) is 1.80. The van der Waals surface area contributed by atoms with Gasteiger partial charge < -0.3 is 0 Å². The molecule has 1 fully saturated rings. The SMILES string of the molecule is Cl.FN1CCC1. The largest absolute Gasteiger partial charge is 0.147 e. The molecule has 0 radical (unpaired) electrons. The first-order valence-corrected chi connectivity index (χ1v) is 1.80. The first-order chi connectivity index (χ1) is 2.39. The van der Waals surface area contributed by atoms with Crippen molar-refractivity contribution in [3.8, 4) is 0 Å². The van der Waals surface area contributed by atoms with E-state index in [1.165, 1.54) is 0 Å². The van der Waals surface area contributed by atoms with Gasteiger partial charge in [-0.05, 0) is 6.42 Å². The van der Waals surface area contributed by atoms with Crippen molar-refractivity contribution in [2.45, 2.75) is 6.42 Å². The molecular weight excluding hydrogens is 104 g/mol. The molecule has 0 aromatic heterocycles. The second kappa shape index (κ2) is 2.37. The molecule has 0 spiro atoms. The summed E-state index contributed by atoms with van der Waals surface area (Å²) in [6.07, 6.45) is 1.04. The number of rotatable bonds is 0. The number of hydrogen-bond acceptors (Lipinski definition) is 1. The van der Waals surface area contributed by atoms with Gasteiger partial charge in [-0.1, -0.05) is 0 Å². The minimum atomic E-state index is 0. The fraction of sp³-hybridized carbons (Fsp3) is 1.00. The summed E-state index contributed by atoms with van der Waals surface area (Å²) < 4.78 is 11.4. The van der Waals surface area contributed by atoms with Crippen LogP contribution in [0.4, 0.5) is 4.48 Å². The van der Waals surface area contributed by atoms with Crippen LogP contribution in [0.2, 0.25) is 0 Å². The van der Waals surface area contributed by atoms with E-state index in [2.05, 4.69) is 0 Å². The highest BCUT2D eigenvalue weighted by Gasteiger charge is 2.09. The Hall–Kier alpha value is 0.180. The molecular formula is C3H7ClFN. The van der Waals surface area contributed by atoms with Crippen LogP contribution in [0.3, 0.4) is 0 Å². The Bertz CT molecular complexity index is 37.8. The van der Waals surface area contributed by atoms with Crippen molar-refractivity contribution in [1.29, 1.82) is 0 Å². The highest BCUT2D eigenvalue weighted by atomic mass is 35.5. The van der Waals surface area contributed by atoms with Crippen molar-refractivity contribution in [1.82, 2.24) is 5.12 Å². The summed E-state index contributed by atoms with van der Waals surface area (Å²) in [5.74, 6) is 0. The van der Waals surface area contributed by atoms with Gasteiger partial charge in [0.25, 0.3) is 0 Å². The zero-order valence-electron chi connectivity index (χ0n) is 3.35. The Kier molecular flexibility index (Phi) is 2.44. The van der Waals surface area contributed by atoms with Crippen LogP contribution < -0.4 is 0 Å². The average molecular weight is 112 g/mol. The topological polar surface area (TPSA) is 3.24 Å². The van der Waals surface area contributed by atoms with Crippen molar-refractivity contribution in [3.05, 3.63) is 0 Å². The monoisotopic (exact) mass is 111 g/mol. The van der Waals surface area contributed by atoms with Crippen molar-refractivity contribution < 1.29 is 4.48 Å². The Morgan fingerprint density at radius 3 is 1.67 bits per heavy atom. The van der Waals surface area contributed by atoms with E-state index in [1.54, 1.807) is 0 Å². The fourth-order valence-electron chi connectivity index (χ4n) is 0.278. The second-order valence-corrected chi connectivity index (χ2v) is 1.26. The summed E-state index contributed by atoms with van der Waals surface area (Å²) in [6.45, 7) is 1.31. The summed E-state index contributed by atoms with van der Waals surface area (Å²) in [5.41, 5.74) is 0. The second-order valence-electron chi connectivity index (χ2n) is 1.26. The third kappa shape index (κ3) is 1.11. The lowest BCUT2D eigenvalue weighted by atomic mass is 10.3. The molecule has 0 aromatic rings. The van der Waals surface area contributed by atoms with E-state index in [0.29, 0.717) is 13.1 Å². The Balaban J connectivity index is 0.000000250. The lowest BCUT2D eigenvalue weighted by Gasteiger charge is -2.18. The summed E-state index contributed by atoms with van der Waals surface area (Å²) in [5, 5.41) is 0.806. The molecule has 1 aliphatic heterocycles. The van der Waals surface area contributed by atoms with E-state index in [0.717, 1.165) is 11.5 Å². The average Bonchev–Trinajstić information content (AvgIpc) is 1.30. The third-order valence-electron chi connectivity index (χ3n) is 0.801. The van der Waals surface area contributed by atoms with E-state index in [-0.39, 0.29) is 12.4 Å². The van der Waals surface area contributed by atoms with Crippen molar-refractivity contribution in [3.63, 3.8) is 0 Å². The standard InChI is InChI=1S/C3H6FN.ClH/c4-5-2-1-3-5;/h1-3H2;1H. The molecule has 0 atom stereocenters. The van der Waals surface area contributed by atoms with Gasteiger partial charge in [-0.25, -0.2) is 0 Å². The zero-order chi connectivity index (χ0) is 3.70. The lowest BCUT2D eigenvalue weighted by Crippen LogP contribution is -2.28. The highest BCUT2D eigenvalue weighted by Crippen LogP contribution is 2.03. The maximum Gasteiger partial charge on any atom is 0.0303 e. The van der Waals surface area contributed by atoms with Crippen molar-refractivity contribution in [2.24, 2.45) is 0 Å². The van der Waals surface area contributed by atoms with E-state index < -0.39 is 0 Å². The predicted molar refractivity (Wildman–Crippen MR) is 24.5 cm³/mol. The zero-order valence-corrected chi connectivity index (χ0v) is 4.17. The van der Waals surface area contributed by atoms with Gasteiger partial charge in [0.2, 0.25) is 0 Å².